The lowest BCUT2D eigenvalue weighted by Crippen LogP contribution is -1.98. The monoisotopic (exact) mass is 249 g/mol. The average Bonchev–Trinajstić information content (AvgIpc) is 2.56. The quantitative estimate of drug-likeness (QED) is 0.728. The summed E-state index contributed by atoms with van der Waals surface area (Å²) in [5.41, 5.74) is 7.32. The molecule has 0 aliphatic carbocycles. The highest BCUT2D eigenvalue weighted by molar-refractivity contribution is 5.87. The predicted octanol–water partition coefficient (Wildman–Crippen LogP) is 4.57. The molecule has 0 saturated heterocycles. The molecule has 0 saturated carbocycles. The lowest BCUT2D eigenvalue weighted by molar-refractivity contribution is 1.22. The van der Waals surface area contributed by atoms with Gasteiger partial charge in [-0.05, 0) is 42.2 Å². The van der Waals surface area contributed by atoms with Crippen molar-refractivity contribution in [2.45, 2.75) is 20.3 Å². The van der Waals surface area contributed by atoms with Gasteiger partial charge in [-0.2, -0.15) is 0 Å². The van der Waals surface area contributed by atoms with Crippen molar-refractivity contribution in [3.63, 3.8) is 0 Å². The molecule has 1 aliphatic rings. The van der Waals surface area contributed by atoms with E-state index in [0.29, 0.717) is 0 Å². The Labute approximate surface area is 115 Å². The van der Waals surface area contributed by atoms with E-state index in [2.05, 4.69) is 44.1 Å². The Morgan fingerprint density at radius 3 is 2.53 bits per heavy atom. The van der Waals surface area contributed by atoms with Gasteiger partial charge in [0.25, 0.3) is 0 Å². The summed E-state index contributed by atoms with van der Waals surface area (Å²) in [6, 6.07) is 4.35. The maximum Gasteiger partial charge on any atom is 0.0704 e. The minimum Gasteiger partial charge on any atom is -0.260 e. The molecule has 1 aromatic rings. The molecule has 0 fully saturated rings. The van der Waals surface area contributed by atoms with Crippen LogP contribution in [-0.2, 0) is 6.42 Å². The summed E-state index contributed by atoms with van der Waals surface area (Å²) in [5, 5.41) is 0. The van der Waals surface area contributed by atoms with Gasteiger partial charge in [0.05, 0.1) is 5.70 Å². The highest BCUT2D eigenvalue weighted by atomic mass is 14.7. The van der Waals surface area contributed by atoms with Crippen molar-refractivity contribution in [1.29, 1.82) is 0 Å². The van der Waals surface area contributed by atoms with E-state index in [4.69, 9.17) is 0 Å². The summed E-state index contributed by atoms with van der Waals surface area (Å²) in [4.78, 5) is 4.55. The first-order valence-corrected chi connectivity index (χ1v) is 6.46. The third kappa shape index (κ3) is 2.50. The van der Waals surface area contributed by atoms with E-state index >= 15 is 0 Å². The summed E-state index contributed by atoms with van der Waals surface area (Å²) in [7, 11) is 0. The highest BCUT2D eigenvalue weighted by Crippen LogP contribution is 2.32. The molecule has 19 heavy (non-hydrogen) atoms. The van der Waals surface area contributed by atoms with Crippen LogP contribution in [0.1, 0.15) is 22.3 Å². The molecular weight excluding hydrogens is 230 g/mol. The van der Waals surface area contributed by atoms with E-state index in [0.717, 1.165) is 17.7 Å². The van der Waals surface area contributed by atoms with E-state index in [1.54, 1.807) is 6.08 Å². The molecule has 0 amide bonds. The number of allylic oxidation sites excluding steroid dienone is 5. The Kier molecular flexibility index (Phi) is 3.96. The predicted molar refractivity (Wildman–Crippen MR) is 84.6 cm³/mol. The number of fused-ring (bicyclic) bond motifs is 1. The largest absolute Gasteiger partial charge is 0.260 e. The van der Waals surface area contributed by atoms with Crippen LogP contribution >= 0.6 is 0 Å². The van der Waals surface area contributed by atoms with Crippen molar-refractivity contribution in [3.05, 3.63) is 77.5 Å². The molecule has 2 rings (SSSR count). The van der Waals surface area contributed by atoms with Crippen molar-refractivity contribution < 1.29 is 0 Å². The van der Waals surface area contributed by atoms with Gasteiger partial charge >= 0.3 is 0 Å². The van der Waals surface area contributed by atoms with Crippen LogP contribution in [0, 0.1) is 13.8 Å². The summed E-state index contributed by atoms with van der Waals surface area (Å²) in [6.07, 6.45) is 10.4. The molecule has 0 unspecified atom stereocenters. The van der Waals surface area contributed by atoms with E-state index in [1.165, 1.54) is 22.3 Å². The second-order valence-electron chi connectivity index (χ2n) is 4.65. The molecule has 0 bridgehead atoms. The first-order chi connectivity index (χ1) is 9.19. The molecule has 96 valence electrons. The van der Waals surface area contributed by atoms with Gasteiger partial charge in [-0.1, -0.05) is 43.5 Å². The topological polar surface area (TPSA) is 12.4 Å². The molecule has 1 nitrogen and oxygen atoms in total. The van der Waals surface area contributed by atoms with Gasteiger partial charge in [0.15, 0.2) is 0 Å². The number of nitrogens with zero attached hydrogens (tertiary/aromatic N) is 1. The zero-order valence-corrected chi connectivity index (χ0v) is 11.6. The number of aryl methyl sites for hydroxylation is 1. The second kappa shape index (κ2) is 5.66. The summed E-state index contributed by atoms with van der Waals surface area (Å²) >= 11 is 0. The lowest BCUT2D eigenvalue weighted by Gasteiger charge is -2.14. The van der Waals surface area contributed by atoms with Crippen LogP contribution in [0.4, 0.5) is 0 Å². The Hall–Kier alpha value is -2.15. The van der Waals surface area contributed by atoms with Crippen LogP contribution < -0.4 is 0 Å². The lowest BCUT2D eigenvalue weighted by atomic mass is 9.90. The Bertz CT molecular complexity index is 613. The maximum absolute atomic E-state index is 4.55. The Balaban J connectivity index is 2.73. The normalized spacial score (nSPS) is 18.2. The third-order valence-electron chi connectivity index (χ3n) is 3.52. The molecule has 1 heterocycles. The van der Waals surface area contributed by atoms with Crippen LogP contribution in [0.2, 0.25) is 0 Å². The standard InChI is InChI=1S/C18H19N/c1-5-7-17-16-10-9-13(3)14(4)15(16)11-12-19-18(17)8-6-2/h5-10,12H,1-2,11H2,3-4H3/b17-7?,18-8+. The van der Waals surface area contributed by atoms with Crippen LogP contribution in [0.5, 0.6) is 0 Å². The SMILES string of the molecule is C=CC=C1/C(=C\C=C)N=CCc2c1ccc(C)c2C. The third-order valence-corrected chi connectivity index (χ3v) is 3.52. The average molecular weight is 249 g/mol. The van der Waals surface area contributed by atoms with E-state index in [-0.39, 0.29) is 0 Å². The first kappa shape index (κ1) is 13.3. The Morgan fingerprint density at radius 2 is 1.84 bits per heavy atom. The highest BCUT2D eigenvalue weighted by Gasteiger charge is 2.16. The summed E-state index contributed by atoms with van der Waals surface area (Å²) in [5.74, 6) is 0. The van der Waals surface area contributed by atoms with Crippen molar-refractivity contribution in [2.75, 3.05) is 0 Å². The number of aliphatic imine (C=N–C) groups is 1. The van der Waals surface area contributed by atoms with Crippen molar-refractivity contribution in [1.82, 2.24) is 0 Å². The fourth-order valence-corrected chi connectivity index (χ4v) is 2.37. The number of hydrogen-bond acceptors (Lipinski definition) is 1. The van der Waals surface area contributed by atoms with Crippen molar-refractivity contribution in [3.8, 4) is 0 Å². The van der Waals surface area contributed by atoms with Gasteiger partial charge in [-0.25, -0.2) is 0 Å². The fourth-order valence-electron chi connectivity index (χ4n) is 2.37. The summed E-state index contributed by atoms with van der Waals surface area (Å²) < 4.78 is 0. The molecule has 0 N–H and O–H groups in total. The molecule has 1 aromatic carbocycles. The molecule has 0 atom stereocenters. The Morgan fingerprint density at radius 1 is 1.11 bits per heavy atom. The smallest absolute Gasteiger partial charge is 0.0704 e. The summed E-state index contributed by atoms with van der Waals surface area (Å²) in [6.45, 7) is 11.9. The van der Waals surface area contributed by atoms with E-state index in [1.807, 2.05) is 24.4 Å². The fraction of sp³-hybridized carbons (Fsp3) is 0.167. The molecule has 0 radical (unpaired) electrons. The van der Waals surface area contributed by atoms with E-state index in [9.17, 15) is 0 Å². The zero-order chi connectivity index (χ0) is 13.8. The number of rotatable bonds is 2. The van der Waals surface area contributed by atoms with Crippen LogP contribution in [-0.4, -0.2) is 6.21 Å². The van der Waals surface area contributed by atoms with Crippen LogP contribution in [0.25, 0.3) is 5.57 Å². The van der Waals surface area contributed by atoms with Gasteiger partial charge in [0, 0.05) is 18.2 Å². The minimum absolute atomic E-state index is 0.867. The molecule has 0 aromatic heterocycles. The minimum atomic E-state index is 0.867. The van der Waals surface area contributed by atoms with Crippen molar-refractivity contribution in [2.24, 2.45) is 4.99 Å². The number of benzene rings is 1. The maximum atomic E-state index is 4.55. The van der Waals surface area contributed by atoms with Gasteiger partial charge in [-0.3, -0.25) is 4.99 Å². The van der Waals surface area contributed by atoms with Gasteiger partial charge in [-0.15, -0.1) is 0 Å². The van der Waals surface area contributed by atoms with Crippen LogP contribution in [0.3, 0.4) is 0 Å². The van der Waals surface area contributed by atoms with Gasteiger partial charge < -0.3 is 0 Å². The van der Waals surface area contributed by atoms with Crippen molar-refractivity contribution >= 4 is 11.8 Å². The molecule has 1 heteroatoms. The first-order valence-electron chi connectivity index (χ1n) is 6.46. The molecular formula is C18H19N. The van der Waals surface area contributed by atoms with Gasteiger partial charge in [0.1, 0.15) is 0 Å². The molecule has 1 aliphatic heterocycles. The number of hydrogen-bond donors (Lipinski definition) is 0. The molecule has 0 spiro atoms. The second-order valence-corrected chi connectivity index (χ2v) is 4.65. The zero-order valence-electron chi connectivity index (χ0n) is 11.6. The van der Waals surface area contributed by atoms with Gasteiger partial charge in [0.2, 0.25) is 0 Å². The van der Waals surface area contributed by atoms with E-state index < -0.39 is 0 Å². The van der Waals surface area contributed by atoms with Crippen LogP contribution in [0.15, 0.2) is 60.3 Å².